The maximum Gasteiger partial charge on any atom is 0.165 e. The van der Waals surface area contributed by atoms with Gasteiger partial charge in [-0.15, -0.1) is 0 Å². The molecule has 1 aliphatic heterocycles. The Morgan fingerprint density at radius 2 is 1.61 bits per heavy atom. The summed E-state index contributed by atoms with van der Waals surface area (Å²) >= 11 is 0. The van der Waals surface area contributed by atoms with E-state index in [0.717, 1.165) is 22.4 Å². The van der Waals surface area contributed by atoms with Crippen molar-refractivity contribution in [3.05, 3.63) is 71.5 Å². The van der Waals surface area contributed by atoms with E-state index >= 15 is 0 Å². The highest BCUT2D eigenvalue weighted by atomic mass is 19.1. The van der Waals surface area contributed by atoms with Gasteiger partial charge in [-0.2, -0.15) is 0 Å². The van der Waals surface area contributed by atoms with Crippen LogP contribution in [0.4, 0.5) is 4.39 Å². The molecule has 162 valence electrons. The molecule has 0 N–H and O–H groups in total. The van der Waals surface area contributed by atoms with Crippen LogP contribution in [0, 0.1) is 5.82 Å². The molecule has 3 aromatic rings. The predicted molar refractivity (Wildman–Crippen MR) is 118 cm³/mol. The molecule has 3 aromatic carbocycles. The molecule has 0 radical (unpaired) electrons. The number of hydrogen-bond donors (Lipinski definition) is 0. The molecule has 1 heterocycles. The summed E-state index contributed by atoms with van der Waals surface area (Å²) in [5.41, 5.74) is 3.63. The molecule has 31 heavy (non-hydrogen) atoms. The molecule has 0 amide bonds. The number of hydrogen-bond acceptors (Lipinski definition) is 5. The predicted octanol–water partition coefficient (Wildman–Crippen LogP) is 4.91. The van der Waals surface area contributed by atoms with E-state index in [1.165, 1.54) is 6.07 Å². The van der Waals surface area contributed by atoms with Crippen LogP contribution in [-0.2, 0) is 13.1 Å². The molecule has 0 bridgehead atoms. The van der Waals surface area contributed by atoms with Gasteiger partial charge in [0.05, 0.1) is 21.3 Å². The minimum atomic E-state index is -0.190. The van der Waals surface area contributed by atoms with Gasteiger partial charge in [0, 0.05) is 30.8 Å². The van der Waals surface area contributed by atoms with E-state index < -0.39 is 0 Å². The van der Waals surface area contributed by atoms with Gasteiger partial charge < -0.3 is 18.9 Å². The number of methoxy groups -OCH3 is 3. The fourth-order valence-electron chi connectivity index (χ4n) is 3.87. The number of fused-ring (bicyclic) bond motifs is 1. The molecular formula is C25H26FNO4. The van der Waals surface area contributed by atoms with E-state index in [4.69, 9.17) is 18.9 Å². The van der Waals surface area contributed by atoms with Crippen LogP contribution in [-0.4, -0.2) is 39.4 Å². The fourth-order valence-corrected chi connectivity index (χ4v) is 3.87. The third-order valence-electron chi connectivity index (χ3n) is 5.47. The summed E-state index contributed by atoms with van der Waals surface area (Å²) in [6.07, 6.45) is 0. The van der Waals surface area contributed by atoms with Crippen LogP contribution in [0.2, 0.25) is 0 Å². The van der Waals surface area contributed by atoms with Crippen LogP contribution in [0.1, 0.15) is 11.1 Å². The Labute approximate surface area is 181 Å². The average molecular weight is 423 g/mol. The lowest BCUT2D eigenvalue weighted by atomic mass is 10.0. The first-order valence-corrected chi connectivity index (χ1v) is 10.1. The van der Waals surface area contributed by atoms with Crippen molar-refractivity contribution in [2.75, 3.05) is 34.5 Å². The highest BCUT2D eigenvalue weighted by molar-refractivity contribution is 5.71. The van der Waals surface area contributed by atoms with Crippen LogP contribution < -0.4 is 18.9 Å². The molecule has 0 fully saturated rings. The zero-order chi connectivity index (χ0) is 21.8. The van der Waals surface area contributed by atoms with E-state index in [-0.39, 0.29) is 5.82 Å². The molecule has 0 unspecified atom stereocenters. The Bertz CT molecular complexity index is 1070. The van der Waals surface area contributed by atoms with E-state index in [0.29, 0.717) is 49.1 Å². The lowest BCUT2D eigenvalue weighted by Crippen LogP contribution is -2.25. The Morgan fingerprint density at radius 1 is 0.871 bits per heavy atom. The molecule has 0 spiro atoms. The monoisotopic (exact) mass is 423 g/mol. The van der Waals surface area contributed by atoms with E-state index in [9.17, 15) is 4.39 Å². The highest BCUT2D eigenvalue weighted by Gasteiger charge is 2.21. The summed E-state index contributed by atoms with van der Waals surface area (Å²) in [4.78, 5) is 2.18. The molecule has 4 rings (SSSR count). The Morgan fingerprint density at radius 3 is 2.35 bits per heavy atom. The van der Waals surface area contributed by atoms with Crippen LogP contribution in [0.3, 0.4) is 0 Å². The maximum absolute atomic E-state index is 14.2. The van der Waals surface area contributed by atoms with Crippen LogP contribution in [0.15, 0.2) is 54.6 Å². The molecular weight excluding hydrogens is 397 g/mol. The molecule has 0 atom stereocenters. The van der Waals surface area contributed by atoms with Crippen molar-refractivity contribution in [2.45, 2.75) is 13.1 Å². The SMILES string of the molecule is COc1ccc(-c2cc3c(c(OC)c2)OCCN(Cc2ccccc2F)C3)cc1OC. The number of halogens is 1. The van der Waals surface area contributed by atoms with E-state index in [2.05, 4.69) is 11.0 Å². The van der Waals surface area contributed by atoms with E-state index in [1.807, 2.05) is 36.4 Å². The topological polar surface area (TPSA) is 40.2 Å². The zero-order valence-electron chi connectivity index (χ0n) is 18.0. The molecule has 1 aliphatic rings. The Hall–Kier alpha value is -3.25. The second-order valence-corrected chi connectivity index (χ2v) is 7.39. The van der Waals surface area contributed by atoms with Gasteiger partial charge in [0.15, 0.2) is 23.0 Å². The van der Waals surface area contributed by atoms with Crippen molar-refractivity contribution >= 4 is 0 Å². The van der Waals surface area contributed by atoms with Gasteiger partial charge in [-0.05, 0) is 41.5 Å². The van der Waals surface area contributed by atoms with Gasteiger partial charge in [0.25, 0.3) is 0 Å². The van der Waals surface area contributed by atoms with Crippen molar-refractivity contribution in [1.29, 1.82) is 0 Å². The summed E-state index contributed by atoms with van der Waals surface area (Å²) < 4.78 is 36.7. The van der Waals surface area contributed by atoms with Gasteiger partial charge in [-0.3, -0.25) is 4.90 Å². The maximum atomic E-state index is 14.2. The van der Waals surface area contributed by atoms with Crippen molar-refractivity contribution in [3.63, 3.8) is 0 Å². The van der Waals surface area contributed by atoms with Gasteiger partial charge in [-0.1, -0.05) is 24.3 Å². The Balaban J connectivity index is 1.69. The van der Waals surface area contributed by atoms with Crippen LogP contribution in [0.5, 0.6) is 23.0 Å². The lowest BCUT2D eigenvalue weighted by Gasteiger charge is -2.20. The zero-order valence-corrected chi connectivity index (χ0v) is 18.0. The summed E-state index contributed by atoms with van der Waals surface area (Å²) in [5.74, 6) is 2.56. The third kappa shape index (κ3) is 4.44. The van der Waals surface area contributed by atoms with Crippen molar-refractivity contribution in [3.8, 4) is 34.1 Å². The van der Waals surface area contributed by atoms with Crippen molar-refractivity contribution < 1.29 is 23.3 Å². The summed E-state index contributed by atoms with van der Waals surface area (Å²) in [5, 5.41) is 0. The van der Waals surface area contributed by atoms with E-state index in [1.54, 1.807) is 27.4 Å². The third-order valence-corrected chi connectivity index (χ3v) is 5.47. The largest absolute Gasteiger partial charge is 0.493 e. The minimum absolute atomic E-state index is 0.190. The normalized spacial score (nSPS) is 13.7. The smallest absolute Gasteiger partial charge is 0.165 e. The van der Waals surface area contributed by atoms with Crippen molar-refractivity contribution in [1.82, 2.24) is 4.90 Å². The molecule has 5 nitrogen and oxygen atoms in total. The van der Waals surface area contributed by atoms with Crippen LogP contribution >= 0.6 is 0 Å². The second-order valence-electron chi connectivity index (χ2n) is 7.39. The summed E-state index contributed by atoms with van der Waals surface area (Å²) in [7, 11) is 4.87. The van der Waals surface area contributed by atoms with Gasteiger partial charge in [0.1, 0.15) is 12.4 Å². The summed E-state index contributed by atoms with van der Waals surface area (Å²) in [6.45, 7) is 2.34. The quantitative estimate of drug-likeness (QED) is 0.563. The highest BCUT2D eigenvalue weighted by Crippen LogP contribution is 2.40. The number of benzene rings is 3. The fraction of sp³-hybridized carbons (Fsp3) is 0.280. The molecule has 0 saturated carbocycles. The molecule has 0 saturated heterocycles. The lowest BCUT2D eigenvalue weighted by molar-refractivity contribution is 0.215. The van der Waals surface area contributed by atoms with Crippen LogP contribution in [0.25, 0.3) is 11.1 Å². The minimum Gasteiger partial charge on any atom is -0.493 e. The summed E-state index contributed by atoms with van der Waals surface area (Å²) in [6, 6.07) is 16.8. The van der Waals surface area contributed by atoms with Gasteiger partial charge in [0.2, 0.25) is 0 Å². The number of nitrogens with zero attached hydrogens (tertiary/aromatic N) is 1. The number of ether oxygens (including phenoxy) is 4. The van der Waals surface area contributed by atoms with Gasteiger partial charge >= 0.3 is 0 Å². The molecule has 6 heteroatoms. The second kappa shape index (κ2) is 9.27. The first-order chi connectivity index (χ1) is 15.1. The Kier molecular flexibility index (Phi) is 6.28. The molecule has 0 aliphatic carbocycles. The number of rotatable bonds is 6. The average Bonchev–Trinajstić information content (AvgIpc) is 3.01. The molecule has 0 aromatic heterocycles. The first-order valence-electron chi connectivity index (χ1n) is 10.1. The van der Waals surface area contributed by atoms with Crippen molar-refractivity contribution in [2.24, 2.45) is 0 Å². The first kappa shape index (κ1) is 21.0. The standard InChI is InChI=1S/C25H26FNO4/c1-28-22-9-8-17(13-23(22)29-2)19-12-20-16-27(15-18-6-4-5-7-21(18)26)10-11-31-25(20)24(14-19)30-3/h4-9,12-14H,10-11,15-16H2,1-3H3. The van der Waals surface area contributed by atoms with Gasteiger partial charge in [-0.25, -0.2) is 4.39 Å².